The second-order valence-corrected chi connectivity index (χ2v) is 5.46. The van der Waals surface area contributed by atoms with E-state index in [-0.39, 0.29) is 11.6 Å². The Bertz CT molecular complexity index is 358. The molecule has 0 bridgehead atoms. The standard InChI is InChI=1S/C15H24N2O/c1-12-6-8-15(18-3,9-7-12)14(16-2)13-5-4-10-17-11-13/h4-5,10-12,14,16H,6-9H2,1-3H3. The molecule has 1 unspecified atom stereocenters. The SMILES string of the molecule is CNC(c1cccnc1)C1(OC)CCC(C)CC1. The molecule has 0 amide bonds. The molecule has 2 rings (SSSR count). The van der Waals surface area contributed by atoms with Crippen LogP contribution in [0.4, 0.5) is 0 Å². The fourth-order valence-electron chi connectivity index (χ4n) is 3.14. The molecule has 1 aliphatic carbocycles. The van der Waals surface area contributed by atoms with Gasteiger partial charge in [-0.2, -0.15) is 0 Å². The lowest BCUT2D eigenvalue weighted by atomic mass is 9.73. The minimum absolute atomic E-state index is 0.0791. The van der Waals surface area contributed by atoms with Crippen LogP contribution in [0, 0.1) is 5.92 Å². The molecule has 1 aromatic rings. The molecule has 1 aliphatic rings. The number of likely N-dealkylation sites (N-methyl/N-ethyl adjacent to an activating group) is 1. The number of ether oxygens (including phenoxy) is 1. The summed E-state index contributed by atoms with van der Waals surface area (Å²) >= 11 is 0. The largest absolute Gasteiger partial charge is 0.376 e. The van der Waals surface area contributed by atoms with Crippen LogP contribution in [0.25, 0.3) is 0 Å². The fraction of sp³-hybridized carbons (Fsp3) is 0.667. The molecule has 1 heterocycles. The summed E-state index contributed by atoms with van der Waals surface area (Å²) in [4.78, 5) is 4.23. The van der Waals surface area contributed by atoms with Crippen molar-refractivity contribution in [2.75, 3.05) is 14.2 Å². The van der Waals surface area contributed by atoms with Crippen molar-refractivity contribution in [3.63, 3.8) is 0 Å². The first kappa shape index (κ1) is 13.5. The normalized spacial score (nSPS) is 30.1. The predicted octanol–water partition coefficient (Wildman–Crippen LogP) is 2.94. The Morgan fingerprint density at radius 2 is 2.17 bits per heavy atom. The summed E-state index contributed by atoms with van der Waals surface area (Å²) in [6, 6.07) is 4.35. The van der Waals surface area contributed by atoms with Crippen LogP contribution in [0.15, 0.2) is 24.5 Å². The highest BCUT2D eigenvalue weighted by molar-refractivity contribution is 5.19. The molecule has 1 saturated carbocycles. The molecule has 100 valence electrons. The number of nitrogens with one attached hydrogen (secondary N) is 1. The topological polar surface area (TPSA) is 34.2 Å². The van der Waals surface area contributed by atoms with Crippen LogP contribution in [0.2, 0.25) is 0 Å². The molecule has 3 nitrogen and oxygen atoms in total. The van der Waals surface area contributed by atoms with Crippen LogP contribution < -0.4 is 5.32 Å². The fourth-order valence-corrected chi connectivity index (χ4v) is 3.14. The van der Waals surface area contributed by atoms with Gasteiger partial charge in [-0.05, 0) is 50.3 Å². The molecule has 0 spiro atoms. The van der Waals surface area contributed by atoms with Crippen molar-refractivity contribution < 1.29 is 4.74 Å². The molecule has 0 radical (unpaired) electrons. The molecular weight excluding hydrogens is 224 g/mol. The zero-order chi connectivity index (χ0) is 13.0. The molecule has 1 atom stereocenters. The highest BCUT2D eigenvalue weighted by atomic mass is 16.5. The van der Waals surface area contributed by atoms with Gasteiger partial charge in [0.2, 0.25) is 0 Å². The minimum Gasteiger partial charge on any atom is -0.376 e. The van der Waals surface area contributed by atoms with Gasteiger partial charge in [-0.25, -0.2) is 0 Å². The van der Waals surface area contributed by atoms with E-state index in [9.17, 15) is 0 Å². The summed E-state index contributed by atoms with van der Waals surface area (Å²) in [5.41, 5.74) is 1.14. The van der Waals surface area contributed by atoms with E-state index in [0.717, 1.165) is 18.8 Å². The number of nitrogens with zero attached hydrogens (tertiary/aromatic N) is 1. The third-order valence-corrected chi connectivity index (χ3v) is 4.36. The quantitative estimate of drug-likeness (QED) is 0.889. The third-order valence-electron chi connectivity index (χ3n) is 4.36. The van der Waals surface area contributed by atoms with Gasteiger partial charge in [0.15, 0.2) is 0 Å². The first-order chi connectivity index (χ1) is 8.72. The smallest absolute Gasteiger partial charge is 0.0873 e. The van der Waals surface area contributed by atoms with E-state index in [1.165, 1.54) is 18.4 Å². The van der Waals surface area contributed by atoms with E-state index < -0.39 is 0 Å². The highest BCUT2D eigenvalue weighted by Crippen LogP contribution is 2.42. The van der Waals surface area contributed by atoms with Crippen molar-refractivity contribution in [2.45, 2.75) is 44.2 Å². The van der Waals surface area contributed by atoms with E-state index in [1.807, 2.05) is 32.6 Å². The summed E-state index contributed by atoms with van der Waals surface area (Å²) in [6.07, 6.45) is 8.48. The lowest BCUT2D eigenvalue weighted by molar-refractivity contribution is -0.0745. The van der Waals surface area contributed by atoms with Gasteiger partial charge in [-0.15, -0.1) is 0 Å². The first-order valence-corrected chi connectivity index (χ1v) is 6.84. The maximum absolute atomic E-state index is 5.94. The number of hydrogen-bond donors (Lipinski definition) is 1. The van der Waals surface area contributed by atoms with Crippen LogP contribution in [0.1, 0.15) is 44.2 Å². The molecule has 0 aliphatic heterocycles. The molecular formula is C15H24N2O. The molecule has 3 heteroatoms. The van der Waals surface area contributed by atoms with Gasteiger partial charge in [-0.1, -0.05) is 13.0 Å². The number of aromatic nitrogens is 1. The third kappa shape index (κ3) is 2.57. The second-order valence-electron chi connectivity index (χ2n) is 5.46. The Hall–Kier alpha value is -0.930. The van der Waals surface area contributed by atoms with Crippen molar-refractivity contribution in [3.05, 3.63) is 30.1 Å². The van der Waals surface area contributed by atoms with Crippen molar-refractivity contribution in [3.8, 4) is 0 Å². The molecule has 1 fully saturated rings. The minimum atomic E-state index is -0.0791. The number of rotatable bonds is 4. The average molecular weight is 248 g/mol. The van der Waals surface area contributed by atoms with Gasteiger partial charge >= 0.3 is 0 Å². The number of pyridine rings is 1. The molecule has 18 heavy (non-hydrogen) atoms. The number of methoxy groups -OCH3 is 1. The summed E-state index contributed by atoms with van der Waals surface area (Å²) < 4.78 is 5.94. The van der Waals surface area contributed by atoms with E-state index >= 15 is 0 Å². The maximum atomic E-state index is 5.94. The lowest BCUT2D eigenvalue weighted by Gasteiger charge is -2.44. The summed E-state index contributed by atoms with van der Waals surface area (Å²) in [6.45, 7) is 2.33. The molecule has 0 saturated heterocycles. The van der Waals surface area contributed by atoms with Crippen LogP contribution in [-0.2, 0) is 4.74 Å². The summed E-state index contributed by atoms with van der Waals surface area (Å²) in [5.74, 6) is 0.819. The zero-order valence-electron chi connectivity index (χ0n) is 11.6. The molecule has 0 aromatic carbocycles. The average Bonchev–Trinajstić information content (AvgIpc) is 2.43. The van der Waals surface area contributed by atoms with Crippen molar-refractivity contribution >= 4 is 0 Å². The van der Waals surface area contributed by atoms with E-state index in [1.54, 1.807) is 0 Å². The predicted molar refractivity (Wildman–Crippen MR) is 73.4 cm³/mol. The summed E-state index contributed by atoms with van der Waals surface area (Å²) in [5, 5.41) is 3.43. The van der Waals surface area contributed by atoms with Gasteiger partial charge < -0.3 is 10.1 Å². The van der Waals surface area contributed by atoms with Crippen molar-refractivity contribution in [1.82, 2.24) is 10.3 Å². The van der Waals surface area contributed by atoms with Crippen LogP contribution in [-0.4, -0.2) is 24.7 Å². The van der Waals surface area contributed by atoms with Gasteiger partial charge in [0.1, 0.15) is 0 Å². The number of hydrogen-bond acceptors (Lipinski definition) is 3. The Balaban J connectivity index is 2.24. The van der Waals surface area contributed by atoms with E-state index in [4.69, 9.17) is 4.74 Å². The van der Waals surface area contributed by atoms with Gasteiger partial charge in [0, 0.05) is 19.5 Å². The lowest BCUT2D eigenvalue weighted by Crippen LogP contribution is -2.47. The van der Waals surface area contributed by atoms with Crippen molar-refractivity contribution in [1.29, 1.82) is 0 Å². The Morgan fingerprint density at radius 3 is 2.67 bits per heavy atom. The van der Waals surface area contributed by atoms with Gasteiger partial charge in [-0.3, -0.25) is 4.98 Å². The van der Waals surface area contributed by atoms with Crippen LogP contribution in [0.3, 0.4) is 0 Å². The Kier molecular flexibility index (Phi) is 4.36. The highest BCUT2D eigenvalue weighted by Gasteiger charge is 2.41. The maximum Gasteiger partial charge on any atom is 0.0873 e. The van der Waals surface area contributed by atoms with Crippen LogP contribution >= 0.6 is 0 Å². The first-order valence-electron chi connectivity index (χ1n) is 6.84. The van der Waals surface area contributed by atoms with Gasteiger partial charge in [0.25, 0.3) is 0 Å². The van der Waals surface area contributed by atoms with Crippen molar-refractivity contribution in [2.24, 2.45) is 5.92 Å². The monoisotopic (exact) mass is 248 g/mol. The molecule has 1 N–H and O–H groups in total. The second kappa shape index (κ2) is 5.81. The summed E-state index contributed by atoms with van der Waals surface area (Å²) in [7, 11) is 3.85. The van der Waals surface area contributed by atoms with E-state index in [0.29, 0.717) is 0 Å². The Morgan fingerprint density at radius 1 is 1.44 bits per heavy atom. The van der Waals surface area contributed by atoms with Crippen LogP contribution in [0.5, 0.6) is 0 Å². The molecule has 1 aromatic heterocycles. The Labute approximate surface area is 110 Å². The van der Waals surface area contributed by atoms with E-state index in [2.05, 4.69) is 23.3 Å². The zero-order valence-corrected chi connectivity index (χ0v) is 11.6. The van der Waals surface area contributed by atoms with Gasteiger partial charge in [0.05, 0.1) is 11.6 Å².